The summed E-state index contributed by atoms with van der Waals surface area (Å²) in [6.45, 7) is 0. The summed E-state index contributed by atoms with van der Waals surface area (Å²) in [5.41, 5.74) is -0.0142. The lowest BCUT2D eigenvalue weighted by molar-refractivity contribution is 1.12. The summed E-state index contributed by atoms with van der Waals surface area (Å²) in [4.78, 5) is 26.7. The molecule has 4 nitrogen and oxygen atoms in total. The van der Waals surface area contributed by atoms with Gasteiger partial charge in [-0.15, -0.1) is 0 Å². The third-order valence-electron chi connectivity index (χ3n) is 2.47. The van der Waals surface area contributed by atoms with Crippen molar-refractivity contribution in [1.29, 1.82) is 0 Å². The van der Waals surface area contributed by atoms with E-state index in [2.05, 4.69) is 4.98 Å². The maximum absolute atomic E-state index is 11.6. The van der Waals surface area contributed by atoms with Gasteiger partial charge in [-0.25, -0.2) is 4.98 Å². The molecule has 0 fully saturated rings. The summed E-state index contributed by atoms with van der Waals surface area (Å²) < 4.78 is 1.44. The van der Waals surface area contributed by atoms with E-state index in [4.69, 9.17) is 0 Å². The number of nitrogens with zero attached hydrogens (tertiary/aromatic N) is 2. The molecule has 72 valence electrons. The van der Waals surface area contributed by atoms with Crippen LogP contribution in [0.25, 0.3) is 16.3 Å². The zero-order chi connectivity index (χ0) is 10.4. The minimum absolute atomic E-state index is 0.289. The quantitative estimate of drug-likeness (QED) is 0.532. The minimum Gasteiger partial charge on any atom is -0.282 e. The normalized spacial score (nSPS) is 11.2. The van der Waals surface area contributed by atoms with Crippen LogP contribution in [0.3, 0.4) is 0 Å². The van der Waals surface area contributed by atoms with Gasteiger partial charge in [0.15, 0.2) is 0 Å². The van der Waals surface area contributed by atoms with E-state index in [1.165, 1.54) is 4.40 Å². The van der Waals surface area contributed by atoms with Crippen molar-refractivity contribution >= 4 is 16.3 Å². The fourth-order valence-corrected chi connectivity index (χ4v) is 1.80. The van der Waals surface area contributed by atoms with Crippen LogP contribution in [0.2, 0.25) is 0 Å². The van der Waals surface area contributed by atoms with Gasteiger partial charge in [-0.3, -0.25) is 14.0 Å². The highest BCUT2D eigenvalue weighted by molar-refractivity contribution is 5.95. The average Bonchev–Trinajstić information content (AvgIpc) is 2.63. The Morgan fingerprint density at radius 3 is 2.87 bits per heavy atom. The second-order valence-corrected chi connectivity index (χ2v) is 3.33. The first-order valence-corrected chi connectivity index (χ1v) is 4.50. The predicted molar refractivity (Wildman–Crippen MR) is 56.4 cm³/mol. The van der Waals surface area contributed by atoms with Crippen LogP contribution >= 0.6 is 0 Å². The van der Waals surface area contributed by atoms with Gasteiger partial charge in [0, 0.05) is 11.6 Å². The lowest BCUT2D eigenvalue weighted by Crippen LogP contribution is -2.06. The highest BCUT2D eigenvalue weighted by atomic mass is 16.1. The number of rotatable bonds is 0. The van der Waals surface area contributed by atoms with Crippen LogP contribution in [-0.4, -0.2) is 9.38 Å². The van der Waals surface area contributed by atoms with Crippen molar-refractivity contribution < 1.29 is 0 Å². The minimum atomic E-state index is -0.369. The lowest BCUT2D eigenvalue weighted by Gasteiger charge is -1.91. The van der Waals surface area contributed by atoms with E-state index in [-0.39, 0.29) is 11.1 Å². The molecule has 0 atom stereocenters. The monoisotopic (exact) mass is 198 g/mol. The van der Waals surface area contributed by atoms with Crippen LogP contribution in [0.1, 0.15) is 0 Å². The second kappa shape index (κ2) is 2.63. The van der Waals surface area contributed by atoms with Crippen molar-refractivity contribution in [3.63, 3.8) is 0 Å². The van der Waals surface area contributed by atoms with Gasteiger partial charge in [-0.05, 0) is 12.1 Å². The molecule has 0 bridgehead atoms. The Balaban J connectivity index is 2.89. The lowest BCUT2D eigenvalue weighted by atomic mass is 10.2. The summed E-state index contributed by atoms with van der Waals surface area (Å²) in [6.07, 6.45) is 2.71. The Labute approximate surface area is 83.8 Å². The van der Waals surface area contributed by atoms with Gasteiger partial charge in [0.05, 0.1) is 17.1 Å². The van der Waals surface area contributed by atoms with Crippen LogP contribution in [0.15, 0.2) is 46.2 Å². The molecular weight excluding hydrogens is 192 g/mol. The molecule has 0 N–H and O–H groups in total. The molecule has 0 unspecified atom stereocenters. The highest BCUT2D eigenvalue weighted by Gasteiger charge is 2.05. The summed E-state index contributed by atoms with van der Waals surface area (Å²) in [6, 6.07) is 7.13. The first-order valence-electron chi connectivity index (χ1n) is 4.50. The Bertz CT molecular complexity index is 761. The van der Waals surface area contributed by atoms with Gasteiger partial charge in [0.2, 0.25) is 0 Å². The molecule has 0 spiro atoms. The SMILES string of the molecule is O=c1ncc(=O)n2ccc3cccc1c32. The molecule has 0 aliphatic heterocycles. The number of hydrogen-bond acceptors (Lipinski definition) is 3. The van der Waals surface area contributed by atoms with Crippen LogP contribution in [0, 0.1) is 0 Å². The van der Waals surface area contributed by atoms with Gasteiger partial charge in [0.1, 0.15) is 0 Å². The van der Waals surface area contributed by atoms with Crippen LogP contribution in [-0.2, 0) is 0 Å². The molecule has 0 aliphatic rings. The van der Waals surface area contributed by atoms with E-state index in [1.54, 1.807) is 18.3 Å². The Morgan fingerprint density at radius 1 is 1.13 bits per heavy atom. The molecule has 0 radical (unpaired) electrons. The smallest absolute Gasteiger partial charge is 0.279 e. The molecule has 4 heteroatoms. The maximum Gasteiger partial charge on any atom is 0.279 e. The summed E-state index contributed by atoms with van der Waals surface area (Å²) in [5.74, 6) is 0. The molecule has 3 rings (SSSR count). The summed E-state index contributed by atoms with van der Waals surface area (Å²) >= 11 is 0. The Kier molecular flexibility index (Phi) is 1.42. The van der Waals surface area contributed by atoms with E-state index in [9.17, 15) is 9.59 Å². The van der Waals surface area contributed by atoms with E-state index in [0.717, 1.165) is 11.6 Å². The van der Waals surface area contributed by atoms with Crippen molar-refractivity contribution in [2.45, 2.75) is 0 Å². The largest absolute Gasteiger partial charge is 0.282 e. The number of benzene rings is 1. The van der Waals surface area contributed by atoms with Gasteiger partial charge in [0.25, 0.3) is 11.1 Å². The van der Waals surface area contributed by atoms with Crippen molar-refractivity contribution in [2.24, 2.45) is 0 Å². The topological polar surface area (TPSA) is 51.4 Å². The first kappa shape index (κ1) is 8.11. The van der Waals surface area contributed by atoms with Crippen LogP contribution in [0.5, 0.6) is 0 Å². The average molecular weight is 198 g/mol. The molecule has 0 aliphatic carbocycles. The second-order valence-electron chi connectivity index (χ2n) is 3.33. The first-order chi connectivity index (χ1) is 7.27. The number of para-hydroxylation sites is 1. The van der Waals surface area contributed by atoms with Gasteiger partial charge < -0.3 is 0 Å². The predicted octanol–water partition coefficient (Wildman–Crippen LogP) is 0.646. The van der Waals surface area contributed by atoms with Crippen LogP contribution in [0.4, 0.5) is 0 Å². The number of hydrogen-bond donors (Lipinski definition) is 0. The van der Waals surface area contributed by atoms with Crippen molar-refractivity contribution in [3.05, 3.63) is 57.4 Å². The van der Waals surface area contributed by atoms with E-state index in [1.807, 2.05) is 12.1 Å². The zero-order valence-corrected chi connectivity index (χ0v) is 7.68. The molecular formula is C11H6N2O2. The van der Waals surface area contributed by atoms with Crippen molar-refractivity contribution in [1.82, 2.24) is 9.38 Å². The Morgan fingerprint density at radius 2 is 2.00 bits per heavy atom. The third-order valence-corrected chi connectivity index (χ3v) is 2.47. The highest BCUT2D eigenvalue weighted by Crippen LogP contribution is 2.16. The third kappa shape index (κ3) is 0.985. The van der Waals surface area contributed by atoms with E-state index < -0.39 is 0 Å². The standard InChI is InChI=1S/C11H6N2O2/c14-9-6-12-11(15)8-3-1-2-7-4-5-13(9)10(7)8/h1-6H. The van der Waals surface area contributed by atoms with Gasteiger partial charge in [-0.1, -0.05) is 12.1 Å². The summed E-state index contributed by atoms with van der Waals surface area (Å²) in [7, 11) is 0. The molecule has 0 saturated heterocycles. The molecule has 2 heterocycles. The fourth-order valence-electron chi connectivity index (χ4n) is 1.80. The molecule has 0 amide bonds. The molecule has 3 aromatic rings. The van der Waals surface area contributed by atoms with Crippen molar-refractivity contribution in [3.8, 4) is 0 Å². The van der Waals surface area contributed by atoms with E-state index in [0.29, 0.717) is 10.9 Å². The fraction of sp³-hybridized carbons (Fsp3) is 0. The van der Waals surface area contributed by atoms with E-state index >= 15 is 0 Å². The molecule has 1 aromatic carbocycles. The van der Waals surface area contributed by atoms with Gasteiger partial charge >= 0.3 is 0 Å². The number of aromatic nitrogens is 2. The molecule has 0 saturated carbocycles. The molecule has 2 aromatic heterocycles. The Hall–Kier alpha value is -2.23. The van der Waals surface area contributed by atoms with Crippen LogP contribution < -0.4 is 11.1 Å². The maximum atomic E-state index is 11.6. The molecule has 15 heavy (non-hydrogen) atoms. The summed E-state index contributed by atoms with van der Waals surface area (Å²) in [5, 5.41) is 1.35. The van der Waals surface area contributed by atoms with Gasteiger partial charge in [-0.2, -0.15) is 0 Å². The van der Waals surface area contributed by atoms with Crippen molar-refractivity contribution in [2.75, 3.05) is 0 Å². The zero-order valence-electron chi connectivity index (χ0n) is 7.68.